The van der Waals surface area contributed by atoms with Gasteiger partial charge in [-0.05, 0) is 73.8 Å². The van der Waals surface area contributed by atoms with Crippen LogP contribution >= 0.6 is 11.3 Å². The lowest BCUT2D eigenvalue weighted by molar-refractivity contribution is 0.257. The smallest absolute Gasteiger partial charge is 0.275 e. The van der Waals surface area contributed by atoms with Gasteiger partial charge in [-0.3, -0.25) is 0 Å². The Morgan fingerprint density at radius 3 is 2.43 bits per heavy atom. The highest BCUT2D eigenvalue weighted by Crippen LogP contribution is 2.39. The summed E-state index contributed by atoms with van der Waals surface area (Å²) < 4.78 is 29.3. The molecule has 1 aliphatic heterocycles. The Kier molecular flexibility index (Phi) is 6.49. The van der Waals surface area contributed by atoms with E-state index in [2.05, 4.69) is 29.8 Å². The molecule has 0 radical (unpaired) electrons. The lowest BCUT2D eigenvalue weighted by Crippen LogP contribution is -2.35. The van der Waals surface area contributed by atoms with Gasteiger partial charge in [0, 0.05) is 43.5 Å². The van der Waals surface area contributed by atoms with E-state index in [1.165, 1.54) is 42.0 Å². The summed E-state index contributed by atoms with van der Waals surface area (Å²) in [6.45, 7) is 2.57. The number of pyridine rings is 2. The fourth-order valence-corrected chi connectivity index (χ4v) is 6.00. The van der Waals surface area contributed by atoms with E-state index < -0.39 is 9.84 Å². The molecule has 0 spiro atoms. The van der Waals surface area contributed by atoms with Crippen LogP contribution in [0, 0.1) is 5.92 Å². The maximum Gasteiger partial charge on any atom is 0.275 e. The molecule has 6 rings (SSSR count). The SMILES string of the molecule is CS(=O)(=O)c1ccc(-c2ccc3nc(OCCC4CCN(c5ncc(C6CC6)cn5)CC4)sc3n2)cn1. The fraction of sp³-hybridized carbons (Fsp3) is 0.423. The summed E-state index contributed by atoms with van der Waals surface area (Å²) in [6.07, 6.45) is 12.4. The van der Waals surface area contributed by atoms with E-state index >= 15 is 0 Å². The van der Waals surface area contributed by atoms with Crippen molar-refractivity contribution in [3.05, 3.63) is 48.4 Å². The summed E-state index contributed by atoms with van der Waals surface area (Å²) in [5.74, 6) is 2.15. The number of piperidine rings is 1. The van der Waals surface area contributed by atoms with Crippen molar-refractivity contribution >= 4 is 37.5 Å². The molecular weight excluding hydrogens is 508 g/mol. The Morgan fingerprint density at radius 2 is 1.76 bits per heavy atom. The summed E-state index contributed by atoms with van der Waals surface area (Å²) in [6, 6.07) is 6.98. The zero-order valence-electron chi connectivity index (χ0n) is 20.6. The topological polar surface area (TPSA) is 111 Å². The Hall–Kier alpha value is -3.18. The predicted octanol–water partition coefficient (Wildman–Crippen LogP) is 4.51. The highest BCUT2D eigenvalue weighted by atomic mass is 32.2. The normalized spacial score (nSPS) is 16.8. The zero-order chi connectivity index (χ0) is 25.4. The number of aromatic nitrogens is 5. The first kappa shape index (κ1) is 24.2. The molecule has 0 atom stereocenters. The van der Waals surface area contributed by atoms with Crippen molar-refractivity contribution in [2.24, 2.45) is 5.92 Å². The first-order valence-corrected chi connectivity index (χ1v) is 15.3. The van der Waals surface area contributed by atoms with Gasteiger partial charge in [0.15, 0.2) is 14.9 Å². The Morgan fingerprint density at radius 1 is 0.973 bits per heavy atom. The van der Waals surface area contributed by atoms with Crippen LogP contribution in [0.3, 0.4) is 0 Å². The molecule has 1 aliphatic carbocycles. The molecule has 1 saturated carbocycles. The fourth-order valence-electron chi connectivity index (χ4n) is 4.63. The van der Waals surface area contributed by atoms with Crippen LogP contribution in [0.2, 0.25) is 0 Å². The summed E-state index contributed by atoms with van der Waals surface area (Å²) in [5.41, 5.74) is 3.52. The number of fused-ring (bicyclic) bond motifs is 1. The van der Waals surface area contributed by atoms with E-state index in [1.54, 1.807) is 6.07 Å². The van der Waals surface area contributed by atoms with Gasteiger partial charge in [-0.2, -0.15) is 0 Å². The van der Waals surface area contributed by atoms with E-state index in [4.69, 9.17) is 4.74 Å². The average molecular weight is 537 g/mol. The highest BCUT2D eigenvalue weighted by Gasteiger charge is 2.25. The van der Waals surface area contributed by atoms with E-state index in [1.807, 2.05) is 24.5 Å². The molecule has 9 nitrogen and oxygen atoms in total. The Balaban J connectivity index is 1.01. The Labute approximate surface area is 219 Å². The van der Waals surface area contributed by atoms with Gasteiger partial charge >= 0.3 is 0 Å². The van der Waals surface area contributed by atoms with Gasteiger partial charge < -0.3 is 9.64 Å². The van der Waals surface area contributed by atoms with Gasteiger partial charge in [0.05, 0.1) is 12.3 Å². The molecule has 0 amide bonds. The van der Waals surface area contributed by atoms with Gasteiger partial charge in [-0.15, -0.1) is 0 Å². The van der Waals surface area contributed by atoms with Crippen LogP contribution in [0.25, 0.3) is 21.6 Å². The summed E-state index contributed by atoms with van der Waals surface area (Å²) >= 11 is 1.42. The molecule has 2 aliphatic rings. The van der Waals surface area contributed by atoms with Crippen LogP contribution in [0.4, 0.5) is 5.95 Å². The van der Waals surface area contributed by atoms with E-state index in [0.717, 1.165) is 60.5 Å². The van der Waals surface area contributed by atoms with Crippen LogP contribution in [0.5, 0.6) is 5.19 Å². The average Bonchev–Trinajstić information content (AvgIpc) is 3.68. The molecule has 192 valence electrons. The van der Waals surface area contributed by atoms with Gasteiger partial charge in [0.1, 0.15) is 10.3 Å². The van der Waals surface area contributed by atoms with Gasteiger partial charge in [-0.25, -0.2) is 33.3 Å². The van der Waals surface area contributed by atoms with Crippen molar-refractivity contribution in [1.82, 2.24) is 24.9 Å². The van der Waals surface area contributed by atoms with Crippen LogP contribution in [-0.4, -0.2) is 59.3 Å². The van der Waals surface area contributed by atoms with Crippen molar-refractivity contribution < 1.29 is 13.2 Å². The zero-order valence-corrected chi connectivity index (χ0v) is 22.2. The molecule has 4 aromatic heterocycles. The number of thiazole rings is 1. The monoisotopic (exact) mass is 536 g/mol. The first-order valence-electron chi connectivity index (χ1n) is 12.6. The van der Waals surface area contributed by atoms with Crippen molar-refractivity contribution in [3.63, 3.8) is 0 Å². The lowest BCUT2D eigenvalue weighted by atomic mass is 9.94. The van der Waals surface area contributed by atoms with E-state index in [9.17, 15) is 8.42 Å². The number of rotatable bonds is 8. The molecule has 0 N–H and O–H groups in total. The largest absolute Gasteiger partial charge is 0.470 e. The van der Waals surface area contributed by atoms with Crippen LogP contribution in [0.1, 0.15) is 43.6 Å². The molecule has 5 heterocycles. The molecule has 1 saturated heterocycles. The van der Waals surface area contributed by atoms with Gasteiger partial charge in [0.2, 0.25) is 5.95 Å². The van der Waals surface area contributed by atoms with E-state index in [-0.39, 0.29) is 5.03 Å². The van der Waals surface area contributed by atoms with E-state index in [0.29, 0.717) is 29.3 Å². The maximum absolute atomic E-state index is 11.6. The van der Waals surface area contributed by atoms with Crippen LogP contribution in [0.15, 0.2) is 47.9 Å². The quantitative estimate of drug-likeness (QED) is 0.321. The molecule has 0 aromatic carbocycles. The molecule has 37 heavy (non-hydrogen) atoms. The third kappa shape index (κ3) is 5.57. The second-order valence-corrected chi connectivity index (χ2v) is 12.7. The lowest BCUT2D eigenvalue weighted by Gasteiger charge is -2.31. The molecule has 2 fully saturated rings. The highest BCUT2D eigenvalue weighted by molar-refractivity contribution is 7.90. The minimum Gasteiger partial charge on any atom is -0.470 e. The summed E-state index contributed by atoms with van der Waals surface area (Å²) in [5, 5.41) is 0.666. The molecule has 4 aromatic rings. The van der Waals surface area contributed by atoms with Gasteiger partial charge in [0.25, 0.3) is 5.19 Å². The molecule has 11 heteroatoms. The number of nitrogens with zero attached hydrogens (tertiary/aromatic N) is 6. The number of sulfone groups is 1. The molecular formula is C26H28N6O3S2. The second kappa shape index (κ2) is 9.94. The van der Waals surface area contributed by atoms with Crippen LogP contribution in [-0.2, 0) is 9.84 Å². The number of hydrogen-bond acceptors (Lipinski definition) is 10. The minimum absolute atomic E-state index is 0.0485. The predicted molar refractivity (Wildman–Crippen MR) is 143 cm³/mol. The number of anilines is 1. The van der Waals surface area contributed by atoms with Crippen molar-refractivity contribution in [3.8, 4) is 16.5 Å². The Bertz CT molecular complexity index is 1490. The molecule has 0 unspecified atom stereocenters. The number of ether oxygens (including phenoxy) is 1. The van der Waals surface area contributed by atoms with Crippen LogP contribution < -0.4 is 9.64 Å². The summed E-state index contributed by atoms with van der Waals surface area (Å²) in [7, 11) is -3.33. The summed E-state index contributed by atoms with van der Waals surface area (Å²) in [4.78, 5) is 25.6. The van der Waals surface area contributed by atoms with Crippen molar-refractivity contribution in [2.45, 2.75) is 43.0 Å². The first-order chi connectivity index (χ1) is 17.9. The third-order valence-corrected chi connectivity index (χ3v) is 8.88. The second-order valence-electron chi connectivity index (χ2n) is 9.82. The third-order valence-electron chi connectivity index (χ3n) is 7.00. The van der Waals surface area contributed by atoms with Crippen molar-refractivity contribution in [1.29, 1.82) is 0 Å². The standard InChI is InChI=1S/C26H28N6O3S2/c1-37(33,34)23-7-4-19(14-27-23)21-5-6-22-24(30-21)36-26(31-22)35-13-10-17-8-11-32(12-9-17)25-28-15-20(16-29-25)18-2-3-18/h4-7,14-18H,2-3,8-13H2,1H3. The van der Waals surface area contributed by atoms with Gasteiger partial charge in [-0.1, -0.05) is 11.3 Å². The molecule has 0 bridgehead atoms. The maximum atomic E-state index is 11.6. The minimum atomic E-state index is -3.33. The number of hydrogen-bond donors (Lipinski definition) is 0. The van der Waals surface area contributed by atoms with Crippen molar-refractivity contribution in [2.75, 3.05) is 30.9 Å².